The molecule has 0 atom stereocenters. The van der Waals surface area contributed by atoms with E-state index in [0.29, 0.717) is 16.7 Å². The Morgan fingerprint density at radius 2 is 1.74 bits per heavy atom. The lowest BCUT2D eigenvalue weighted by atomic mass is 10.1. The van der Waals surface area contributed by atoms with Crippen molar-refractivity contribution in [3.8, 4) is 0 Å². The summed E-state index contributed by atoms with van der Waals surface area (Å²) in [7, 11) is 0. The van der Waals surface area contributed by atoms with Crippen molar-refractivity contribution in [2.45, 2.75) is 6.92 Å². The molecule has 19 heavy (non-hydrogen) atoms. The van der Waals surface area contributed by atoms with Crippen LogP contribution in [0.15, 0.2) is 36.4 Å². The molecule has 0 aromatic heterocycles. The molecule has 0 aliphatic carbocycles. The number of hydrogen-bond acceptors (Lipinski definition) is 3. The fourth-order valence-corrected chi connectivity index (χ4v) is 1.87. The average Bonchev–Trinajstić information content (AvgIpc) is 2.64. The lowest BCUT2D eigenvalue weighted by Crippen LogP contribution is -2.38. The first kappa shape index (κ1) is 13.0. The zero-order valence-corrected chi connectivity index (χ0v) is 10.6. The van der Waals surface area contributed by atoms with Crippen molar-refractivity contribution in [2.24, 2.45) is 0 Å². The van der Waals surface area contributed by atoms with E-state index in [-0.39, 0.29) is 30.8 Å². The predicted molar refractivity (Wildman–Crippen MR) is 69.6 cm³/mol. The van der Waals surface area contributed by atoms with Gasteiger partial charge in [-0.25, -0.2) is 0 Å². The van der Waals surface area contributed by atoms with Gasteiger partial charge in [0, 0.05) is 18.7 Å². The van der Waals surface area contributed by atoms with Gasteiger partial charge < -0.3 is 5.32 Å². The van der Waals surface area contributed by atoms with Gasteiger partial charge in [0.2, 0.25) is 5.91 Å². The lowest BCUT2D eigenvalue weighted by Gasteiger charge is -2.14. The zero-order chi connectivity index (χ0) is 14.0. The van der Waals surface area contributed by atoms with E-state index in [1.807, 2.05) is 0 Å². The van der Waals surface area contributed by atoms with Crippen LogP contribution in [0.5, 0.6) is 0 Å². The zero-order valence-electron chi connectivity index (χ0n) is 10.6. The molecule has 1 aromatic rings. The fraction of sp³-hybridized carbons (Fsp3) is 0.214. The second-order valence-corrected chi connectivity index (χ2v) is 4.34. The van der Waals surface area contributed by atoms with E-state index in [1.54, 1.807) is 31.2 Å². The predicted octanol–water partition coefficient (Wildman–Crippen LogP) is 0.975. The van der Waals surface area contributed by atoms with Gasteiger partial charge in [-0.2, -0.15) is 0 Å². The minimum atomic E-state index is -0.315. The lowest BCUT2D eigenvalue weighted by molar-refractivity contribution is -0.117. The van der Waals surface area contributed by atoms with Crippen LogP contribution < -0.4 is 5.32 Å². The van der Waals surface area contributed by atoms with E-state index in [9.17, 15) is 14.4 Å². The SMILES string of the molecule is C=C(C)C(=O)NCCN1C(=O)c2ccccc2C1=O. The molecule has 1 aliphatic heterocycles. The van der Waals surface area contributed by atoms with Crippen LogP contribution in [0.3, 0.4) is 0 Å². The maximum Gasteiger partial charge on any atom is 0.261 e. The molecule has 0 unspecified atom stereocenters. The van der Waals surface area contributed by atoms with Gasteiger partial charge >= 0.3 is 0 Å². The van der Waals surface area contributed by atoms with E-state index < -0.39 is 0 Å². The Labute approximate surface area is 110 Å². The molecule has 0 saturated heterocycles. The monoisotopic (exact) mass is 258 g/mol. The van der Waals surface area contributed by atoms with Gasteiger partial charge in [0.15, 0.2) is 0 Å². The molecule has 1 N–H and O–H groups in total. The molecule has 1 aliphatic rings. The highest BCUT2D eigenvalue weighted by atomic mass is 16.2. The molecular weight excluding hydrogens is 244 g/mol. The van der Waals surface area contributed by atoms with Crippen LogP contribution in [0.1, 0.15) is 27.6 Å². The van der Waals surface area contributed by atoms with E-state index >= 15 is 0 Å². The van der Waals surface area contributed by atoms with E-state index in [2.05, 4.69) is 11.9 Å². The van der Waals surface area contributed by atoms with Crippen LogP contribution >= 0.6 is 0 Å². The third-order valence-corrected chi connectivity index (χ3v) is 2.89. The van der Waals surface area contributed by atoms with Gasteiger partial charge in [0.1, 0.15) is 0 Å². The third-order valence-electron chi connectivity index (χ3n) is 2.89. The quantitative estimate of drug-likeness (QED) is 0.646. The van der Waals surface area contributed by atoms with Crippen molar-refractivity contribution in [3.63, 3.8) is 0 Å². The highest BCUT2D eigenvalue weighted by Gasteiger charge is 2.34. The Morgan fingerprint density at radius 1 is 1.21 bits per heavy atom. The van der Waals surface area contributed by atoms with Crippen molar-refractivity contribution in [1.82, 2.24) is 10.2 Å². The number of imide groups is 1. The Morgan fingerprint density at radius 3 is 2.21 bits per heavy atom. The number of hydrogen-bond donors (Lipinski definition) is 1. The van der Waals surface area contributed by atoms with Crippen molar-refractivity contribution >= 4 is 17.7 Å². The molecule has 2 rings (SSSR count). The van der Waals surface area contributed by atoms with Crippen LogP contribution in [0.4, 0.5) is 0 Å². The minimum Gasteiger partial charge on any atom is -0.351 e. The molecule has 3 amide bonds. The summed E-state index contributed by atoms with van der Waals surface area (Å²) in [6, 6.07) is 6.69. The van der Waals surface area contributed by atoms with E-state index in [0.717, 1.165) is 4.90 Å². The van der Waals surface area contributed by atoms with Gasteiger partial charge in [0.05, 0.1) is 11.1 Å². The van der Waals surface area contributed by atoms with Gasteiger partial charge in [0.25, 0.3) is 11.8 Å². The number of amides is 3. The molecule has 5 heteroatoms. The van der Waals surface area contributed by atoms with Crippen LogP contribution in [-0.2, 0) is 4.79 Å². The van der Waals surface area contributed by atoms with Crippen molar-refractivity contribution in [3.05, 3.63) is 47.5 Å². The van der Waals surface area contributed by atoms with E-state index in [1.165, 1.54) is 0 Å². The first-order valence-electron chi connectivity index (χ1n) is 5.91. The number of benzene rings is 1. The first-order chi connectivity index (χ1) is 9.02. The normalized spacial score (nSPS) is 13.4. The number of nitrogens with one attached hydrogen (secondary N) is 1. The van der Waals surface area contributed by atoms with Gasteiger partial charge in [-0.05, 0) is 19.1 Å². The molecule has 0 spiro atoms. The summed E-state index contributed by atoms with van der Waals surface area (Å²) in [6.07, 6.45) is 0. The number of carbonyl (C=O) groups is 3. The molecule has 5 nitrogen and oxygen atoms in total. The standard InChI is InChI=1S/C14H14N2O3/c1-9(2)12(17)15-7-8-16-13(18)10-5-3-4-6-11(10)14(16)19/h3-6H,1,7-8H2,2H3,(H,15,17). The first-order valence-corrected chi connectivity index (χ1v) is 5.91. The highest BCUT2D eigenvalue weighted by molar-refractivity contribution is 6.21. The second-order valence-electron chi connectivity index (χ2n) is 4.34. The summed E-state index contributed by atoms with van der Waals surface area (Å²) < 4.78 is 0. The molecule has 1 aromatic carbocycles. The van der Waals surface area contributed by atoms with Gasteiger partial charge in [-0.3, -0.25) is 19.3 Å². The van der Waals surface area contributed by atoms with Crippen LogP contribution in [0, 0.1) is 0 Å². The Kier molecular flexibility index (Phi) is 3.46. The molecule has 0 radical (unpaired) electrons. The van der Waals surface area contributed by atoms with Crippen LogP contribution in [0.25, 0.3) is 0 Å². The minimum absolute atomic E-state index is 0.158. The molecule has 0 saturated carbocycles. The third kappa shape index (κ3) is 2.40. The van der Waals surface area contributed by atoms with Crippen LogP contribution in [0.2, 0.25) is 0 Å². The maximum atomic E-state index is 12.0. The fourth-order valence-electron chi connectivity index (χ4n) is 1.87. The smallest absolute Gasteiger partial charge is 0.261 e. The van der Waals surface area contributed by atoms with E-state index in [4.69, 9.17) is 0 Å². The number of fused-ring (bicyclic) bond motifs is 1. The molecule has 98 valence electrons. The molecule has 0 fully saturated rings. The number of rotatable bonds is 4. The summed E-state index contributed by atoms with van der Waals surface area (Å²) in [5.41, 5.74) is 1.22. The Hall–Kier alpha value is -2.43. The Bertz CT molecular complexity index is 543. The topological polar surface area (TPSA) is 66.5 Å². The van der Waals surface area contributed by atoms with Gasteiger partial charge in [-0.15, -0.1) is 0 Å². The van der Waals surface area contributed by atoms with Crippen molar-refractivity contribution in [1.29, 1.82) is 0 Å². The van der Waals surface area contributed by atoms with Gasteiger partial charge in [-0.1, -0.05) is 18.7 Å². The second kappa shape index (κ2) is 5.06. The summed E-state index contributed by atoms with van der Waals surface area (Å²) in [5.74, 6) is -0.910. The number of carbonyl (C=O) groups excluding carboxylic acids is 3. The summed E-state index contributed by atoms with van der Waals surface area (Å²) in [6.45, 7) is 5.48. The number of nitrogens with zero attached hydrogens (tertiary/aromatic N) is 1. The largest absolute Gasteiger partial charge is 0.351 e. The molecular formula is C14H14N2O3. The molecule has 1 heterocycles. The molecule has 0 bridgehead atoms. The summed E-state index contributed by atoms with van der Waals surface area (Å²) in [5, 5.41) is 2.59. The summed E-state index contributed by atoms with van der Waals surface area (Å²) in [4.78, 5) is 36.4. The highest BCUT2D eigenvalue weighted by Crippen LogP contribution is 2.21. The van der Waals surface area contributed by atoms with Crippen LogP contribution in [-0.4, -0.2) is 35.7 Å². The van der Waals surface area contributed by atoms with Crippen molar-refractivity contribution in [2.75, 3.05) is 13.1 Å². The maximum absolute atomic E-state index is 12.0. The van der Waals surface area contributed by atoms with Crippen molar-refractivity contribution < 1.29 is 14.4 Å². The average molecular weight is 258 g/mol. The summed E-state index contributed by atoms with van der Waals surface area (Å²) >= 11 is 0. The Balaban J connectivity index is 2.01.